The number of carbonyl (C=O) groups is 3. The first-order valence-electron chi connectivity index (χ1n) is 8.83. The standard InChI is InChI=1S/C21H23FN2O4/c1-14(25)23-18(12-15-8-4-3-5-9-15)20(26)24-19(21(27)28-2)13-16-10-6-7-11-17(16)22/h3-11,18-19H,12-13H2,1-2H3,(H,23,25)(H,24,26)/t18-,19+/m0/s1. The first-order valence-corrected chi connectivity index (χ1v) is 8.83. The highest BCUT2D eigenvalue weighted by molar-refractivity contribution is 5.90. The number of esters is 1. The van der Waals surface area contributed by atoms with E-state index in [1.165, 1.54) is 32.2 Å². The maximum Gasteiger partial charge on any atom is 0.328 e. The number of carbonyl (C=O) groups excluding carboxylic acids is 3. The van der Waals surface area contributed by atoms with Crippen molar-refractivity contribution in [1.29, 1.82) is 0 Å². The average Bonchev–Trinajstić information content (AvgIpc) is 2.68. The van der Waals surface area contributed by atoms with Gasteiger partial charge in [0, 0.05) is 19.8 Å². The lowest BCUT2D eigenvalue weighted by atomic mass is 10.0. The second-order valence-electron chi connectivity index (χ2n) is 6.32. The predicted octanol–water partition coefficient (Wildman–Crippen LogP) is 1.77. The van der Waals surface area contributed by atoms with Crippen molar-refractivity contribution in [2.45, 2.75) is 31.8 Å². The molecule has 0 aliphatic rings. The zero-order chi connectivity index (χ0) is 20.5. The van der Waals surface area contributed by atoms with E-state index in [0.29, 0.717) is 0 Å². The van der Waals surface area contributed by atoms with Gasteiger partial charge in [0.15, 0.2) is 0 Å². The highest BCUT2D eigenvalue weighted by Crippen LogP contribution is 2.11. The lowest BCUT2D eigenvalue weighted by Gasteiger charge is -2.22. The molecular weight excluding hydrogens is 363 g/mol. The minimum absolute atomic E-state index is 0.0663. The van der Waals surface area contributed by atoms with E-state index in [1.54, 1.807) is 6.07 Å². The van der Waals surface area contributed by atoms with Crippen LogP contribution in [0.4, 0.5) is 4.39 Å². The zero-order valence-corrected chi connectivity index (χ0v) is 15.8. The summed E-state index contributed by atoms with van der Waals surface area (Å²) >= 11 is 0. The number of benzene rings is 2. The molecule has 0 unspecified atom stereocenters. The molecule has 0 aromatic heterocycles. The highest BCUT2D eigenvalue weighted by Gasteiger charge is 2.27. The monoisotopic (exact) mass is 386 g/mol. The van der Waals surface area contributed by atoms with Gasteiger partial charge in [-0.05, 0) is 17.2 Å². The molecule has 2 aromatic rings. The van der Waals surface area contributed by atoms with E-state index in [4.69, 9.17) is 4.74 Å². The Balaban J connectivity index is 2.17. The summed E-state index contributed by atoms with van der Waals surface area (Å²) in [6, 6.07) is 13.2. The Morgan fingerprint density at radius 3 is 2.18 bits per heavy atom. The molecule has 148 valence electrons. The van der Waals surface area contributed by atoms with Crippen molar-refractivity contribution in [2.75, 3.05) is 7.11 Å². The fraction of sp³-hybridized carbons (Fsp3) is 0.286. The second kappa shape index (κ2) is 10.2. The zero-order valence-electron chi connectivity index (χ0n) is 15.8. The number of nitrogens with one attached hydrogen (secondary N) is 2. The van der Waals surface area contributed by atoms with E-state index in [9.17, 15) is 18.8 Å². The van der Waals surface area contributed by atoms with E-state index in [0.717, 1.165) is 5.56 Å². The minimum atomic E-state index is -1.08. The van der Waals surface area contributed by atoms with Gasteiger partial charge in [-0.25, -0.2) is 9.18 Å². The highest BCUT2D eigenvalue weighted by atomic mass is 19.1. The molecule has 0 heterocycles. The van der Waals surface area contributed by atoms with Gasteiger partial charge in [-0.3, -0.25) is 9.59 Å². The molecule has 0 saturated carbocycles. The van der Waals surface area contributed by atoms with Gasteiger partial charge in [-0.2, -0.15) is 0 Å². The number of methoxy groups -OCH3 is 1. The van der Waals surface area contributed by atoms with Crippen molar-refractivity contribution in [3.8, 4) is 0 Å². The average molecular weight is 386 g/mol. The third-order valence-corrected chi connectivity index (χ3v) is 4.16. The molecule has 0 aliphatic heterocycles. The van der Waals surface area contributed by atoms with E-state index >= 15 is 0 Å². The Hall–Kier alpha value is -3.22. The summed E-state index contributed by atoms with van der Waals surface area (Å²) in [4.78, 5) is 36.4. The van der Waals surface area contributed by atoms with Crippen molar-refractivity contribution in [1.82, 2.24) is 10.6 Å². The van der Waals surface area contributed by atoms with Gasteiger partial charge in [-0.1, -0.05) is 48.5 Å². The van der Waals surface area contributed by atoms with Crippen LogP contribution in [0.1, 0.15) is 18.1 Å². The molecule has 0 radical (unpaired) electrons. The van der Waals surface area contributed by atoms with Crippen molar-refractivity contribution >= 4 is 17.8 Å². The fourth-order valence-electron chi connectivity index (χ4n) is 2.80. The van der Waals surface area contributed by atoms with Gasteiger partial charge in [-0.15, -0.1) is 0 Å². The van der Waals surface area contributed by atoms with Crippen LogP contribution >= 0.6 is 0 Å². The topological polar surface area (TPSA) is 84.5 Å². The summed E-state index contributed by atoms with van der Waals surface area (Å²) in [6.45, 7) is 1.31. The lowest BCUT2D eigenvalue weighted by molar-refractivity contribution is -0.145. The van der Waals surface area contributed by atoms with Crippen LogP contribution in [-0.4, -0.2) is 37.0 Å². The van der Waals surface area contributed by atoms with Gasteiger partial charge >= 0.3 is 5.97 Å². The van der Waals surface area contributed by atoms with Crippen molar-refractivity contribution in [2.24, 2.45) is 0 Å². The van der Waals surface area contributed by atoms with Crippen LogP contribution < -0.4 is 10.6 Å². The number of hydrogen-bond donors (Lipinski definition) is 2. The van der Waals surface area contributed by atoms with Crippen LogP contribution in [0.3, 0.4) is 0 Å². The normalized spacial score (nSPS) is 12.5. The molecule has 2 amide bonds. The molecule has 0 fully saturated rings. The van der Waals surface area contributed by atoms with E-state index in [1.807, 2.05) is 30.3 Å². The van der Waals surface area contributed by atoms with E-state index in [2.05, 4.69) is 10.6 Å². The molecule has 28 heavy (non-hydrogen) atoms. The Kier molecular flexibility index (Phi) is 7.68. The Morgan fingerprint density at radius 2 is 1.57 bits per heavy atom. The first-order chi connectivity index (χ1) is 13.4. The van der Waals surface area contributed by atoms with Gasteiger partial charge in [0.2, 0.25) is 11.8 Å². The van der Waals surface area contributed by atoms with Crippen LogP contribution in [0, 0.1) is 5.82 Å². The van der Waals surface area contributed by atoms with Gasteiger partial charge < -0.3 is 15.4 Å². The quantitative estimate of drug-likeness (QED) is 0.678. The first kappa shape index (κ1) is 21.1. The maximum atomic E-state index is 14.0. The van der Waals surface area contributed by atoms with E-state index < -0.39 is 29.8 Å². The van der Waals surface area contributed by atoms with Crippen LogP contribution in [0.5, 0.6) is 0 Å². The van der Waals surface area contributed by atoms with E-state index in [-0.39, 0.29) is 24.3 Å². The molecule has 2 N–H and O–H groups in total. The number of hydrogen-bond acceptors (Lipinski definition) is 4. The number of rotatable bonds is 8. The summed E-state index contributed by atoms with van der Waals surface area (Å²) in [5, 5.41) is 5.16. The minimum Gasteiger partial charge on any atom is -0.467 e. The number of ether oxygens (including phenoxy) is 1. The number of amides is 2. The third kappa shape index (κ3) is 6.19. The van der Waals surface area contributed by atoms with Crippen LogP contribution in [0.2, 0.25) is 0 Å². The van der Waals surface area contributed by atoms with Gasteiger partial charge in [0.05, 0.1) is 7.11 Å². The maximum absolute atomic E-state index is 14.0. The lowest BCUT2D eigenvalue weighted by Crippen LogP contribution is -2.53. The Labute approximate surface area is 163 Å². The molecule has 2 rings (SSSR count). The molecule has 0 spiro atoms. The molecule has 2 aromatic carbocycles. The molecule has 0 saturated heterocycles. The van der Waals surface area contributed by atoms with Crippen LogP contribution in [0.25, 0.3) is 0 Å². The molecular formula is C21H23FN2O4. The summed E-state index contributed by atoms with van der Waals surface area (Å²) in [6.07, 6.45) is 0.184. The van der Waals surface area contributed by atoms with Crippen molar-refractivity contribution < 1.29 is 23.5 Å². The SMILES string of the molecule is COC(=O)[C@@H](Cc1ccccc1F)NC(=O)[C@H](Cc1ccccc1)NC(C)=O. The van der Waals surface area contributed by atoms with Crippen molar-refractivity contribution in [3.05, 3.63) is 71.5 Å². The molecule has 2 atom stereocenters. The summed E-state index contributed by atoms with van der Waals surface area (Å²) in [7, 11) is 1.19. The largest absolute Gasteiger partial charge is 0.467 e. The van der Waals surface area contributed by atoms with Gasteiger partial charge in [0.25, 0.3) is 0 Å². The summed E-state index contributed by atoms with van der Waals surface area (Å²) in [5.41, 5.74) is 1.12. The van der Waals surface area contributed by atoms with Crippen LogP contribution in [0.15, 0.2) is 54.6 Å². The smallest absolute Gasteiger partial charge is 0.328 e. The molecule has 0 bridgehead atoms. The third-order valence-electron chi connectivity index (χ3n) is 4.16. The summed E-state index contributed by atoms with van der Waals surface area (Å²) in [5.74, 6) is -2.10. The van der Waals surface area contributed by atoms with Crippen LogP contribution in [-0.2, 0) is 32.0 Å². The summed E-state index contributed by atoms with van der Waals surface area (Å²) < 4.78 is 18.7. The second-order valence-corrected chi connectivity index (χ2v) is 6.32. The number of halogens is 1. The Bertz CT molecular complexity index is 826. The van der Waals surface area contributed by atoms with Gasteiger partial charge in [0.1, 0.15) is 17.9 Å². The Morgan fingerprint density at radius 1 is 0.929 bits per heavy atom. The molecule has 7 heteroatoms. The fourth-order valence-corrected chi connectivity index (χ4v) is 2.80. The molecule has 6 nitrogen and oxygen atoms in total. The predicted molar refractivity (Wildman–Crippen MR) is 102 cm³/mol. The molecule has 0 aliphatic carbocycles. The van der Waals surface area contributed by atoms with Crippen molar-refractivity contribution in [3.63, 3.8) is 0 Å².